The number of azo groups is 1. The molecule has 1 fully saturated rings. The molecule has 0 saturated carbocycles. The first-order valence-electron chi connectivity index (χ1n) is 9.83. The normalized spacial score (nSPS) is 20.9. The monoisotopic (exact) mass is 403 g/mol. The van der Waals surface area contributed by atoms with Gasteiger partial charge in [-0.15, -0.1) is 10.2 Å². The molecule has 1 aromatic heterocycles. The average Bonchev–Trinajstić information content (AvgIpc) is 2.92. The van der Waals surface area contributed by atoms with Crippen LogP contribution in [-0.2, 0) is 11.4 Å². The Morgan fingerprint density at radius 3 is 2.50 bits per heavy atom. The van der Waals surface area contributed by atoms with E-state index in [4.69, 9.17) is 17.0 Å². The molecular formula is C20H29N5O2S. The van der Waals surface area contributed by atoms with Gasteiger partial charge in [0.25, 0.3) is 0 Å². The van der Waals surface area contributed by atoms with Crippen LogP contribution in [0.3, 0.4) is 0 Å². The van der Waals surface area contributed by atoms with E-state index in [-0.39, 0.29) is 18.1 Å². The molecule has 1 saturated heterocycles. The van der Waals surface area contributed by atoms with Gasteiger partial charge in [-0.25, -0.2) is 0 Å². The van der Waals surface area contributed by atoms with Crippen LogP contribution in [0, 0.1) is 0 Å². The van der Waals surface area contributed by atoms with Gasteiger partial charge < -0.3 is 14.7 Å². The van der Waals surface area contributed by atoms with Crippen LogP contribution in [0.1, 0.15) is 27.7 Å². The summed E-state index contributed by atoms with van der Waals surface area (Å²) in [7, 11) is 0. The van der Waals surface area contributed by atoms with E-state index in [1.165, 1.54) is 0 Å². The Balaban J connectivity index is 1.92. The fraction of sp³-hybridized carbons (Fsp3) is 0.550. The third-order valence-corrected chi connectivity index (χ3v) is 5.36. The fourth-order valence-corrected chi connectivity index (χ4v) is 4.06. The third kappa shape index (κ3) is 4.34. The maximum Gasteiger partial charge on any atom is 0.221 e. The van der Waals surface area contributed by atoms with Crippen LogP contribution < -0.4 is 0 Å². The van der Waals surface area contributed by atoms with Gasteiger partial charge in [-0.3, -0.25) is 9.47 Å². The molecule has 2 heterocycles. The van der Waals surface area contributed by atoms with Crippen molar-refractivity contribution in [2.45, 2.75) is 46.6 Å². The lowest BCUT2D eigenvalue weighted by molar-refractivity contribution is -0.0765. The molecule has 0 aliphatic carbocycles. The minimum Gasteiger partial charge on any atom is -0.493 e. The highest BCUT2D eigenvalue weighted by molar-refractivity contribution is 7.80. The fourth-order valence-electron chi connectivity index (χ4n) is 3.76. The summed E-state index contributed by atoms with van der Waals surface area (Å²) in [5.74, 6) is 0.110. The highest BCUT2D eigenvalue weighted by atomic mass is 32.1. The molecular weight excluding hydrogens is 374 g/mol. The van der Waals surface area contributed by atoms with Crippen molar-refractivity contribution in [3.63, 3.8) is 0 Å². The number of aromatic nitrogens is 1. The number of ether oxygens (including phenoxy) is 1. The minimum atomic E-state index is 0.110. The predicted octanol–water partition coefficient (Wildman–Crippen LogP) is 4.12. The zero-order chi connectivity index (χ0) is 20.3. The van der Waals surface area contributed by atoms with Crippen LogP contribution in [-0.4, -0.2) is 63.0 Å². The maximum atomic E-state index is 10.9. The van der Waals surface area contributed by atoms with Gasteiger partial charge in [0.15, 0.2) is 5.69 Å². The molecule has 0 spiro atoms. The van der Waals surface area contributed by atoms with E-state index < -0.39 is 0 Å². The quantitative estimate of drug-likeness (QED) is 0.601. The largest absolute Gasteiger partial charge is 0.493 e. The lowest BCUT2D eigenvalue weighted by Crippen LogP contribution is -2.45. The Kier molecular flexibility index (Phi) is 6.64. The van der Waals surface area contributed by atoms with E-state index in [1.54, 1.807) is 0 Å². The maximum absolute atomic E-state index is 10.9. The second-order valence-corrected chi connectivity index (χ2v) is 7.57. The Hall–Kier alpha value is -2.03. The minimum absolute atomic E-state index is 0.110. The summed E-state index contributed by atoms with van der Waals surface area (Å²) in [6.07, 6.45) is 0.330. The summed E-state index contributed by atoms with van der Waals surface area (Å²) < 4.78 is 7.70. The molecule has 28 heavy (non-hydrogen) atoms. The van der Waals surface area contributed by atoms with E-state index in [0.717, 1.165) is 37.1 Å². The first-order valence-corrected chi connectivity index (χ1v) is 10.2. The molecule has 0 radical (unpaired) electrons. The first kappa shape index (κ1) is 20.7. The SMILES string of the molecule is CCN(CC)C(=S)N=Nc1c(O)n(CN2CC(C)OC(C)C2)c2ccccc12. The van der Waals surface area contributed by atoms with E-state index >= 15 is 0 Å². The zero-order valence-electron chi connectivity index (χ0n) is 17.0. The number of hydrogen-bond donors (Lipinski definition) is 1. The molecule has 8 heteroatoms. The number of benzene rings is 1. The van der Waals surface area contributed by atoms with Crippen molar-refractivity contribution >= 4 is 33.9 Å². The summed E-state index contributed by atoms with van der Waals surface area (Å²) in [5.41, 5.74) is 1.38. The number of thiocarbonyl (C=S) groups is 1. The first-order chi connectivity index (χ1) is 13.4. The molecule has 3 rings (SSSR count). The number of hydrogen-bond acceptors (Lipinski definition) is 5. The summed E-state index contributed by atoms with van der Waals surface area (Å²) in [6.45, 7) is 12.0. The Morgan fingerprint density at radius 2 is 1.86 bits per heavy atom. The second-order valence-electron chi connectivity index (χ2n) is 7.21. The molecule has 1 aromatic carbocycles. The van der Waals surface area contributed by atoms with Crippen LogP contribution in [0.5, 0.6) is 5.88 Å². The number of rotatable bonds is 5. The number of nitrogens with zero attached hydrogens (tertiary/aromatic N) is 5. The number of aromatic hydroxyl groups is 1. The van der Waals surface area contributed by atoms with Gasteiger partial charge in [0.2, 0.25) is 11.0 Å². The van der Waals surface area contributed by atoms with Gasteiger partial charge in [-0.2, -0.15) is 0 Å². The highest BCUT2D eigenvalue weighted by Crippen LogP contribution is 2.39. The Labute approximate surface area is 171 Å². The number of para-hydroxylation sites is 1. The van der Waals surface area contributed by atoms with Crippen molar-refractivity contribution in [3.8, 4) is 5.88 Å². The average molecular weight is 404 g/mol. The third-order valence-electron chi connectivity index (χ3n) is 5.02. The topological polar surface area (TPSA) is 65.6 Å². The molecule has 2 aromatic rings. The van der Waals surface area contributed by atoms with E-state index in [2.05, 4.69) is 29.0 Å². The van der Waals surface area contributed by atoms with Crippen molar-refractivity contribution in [1.29, 1.82) is 0 Å². The highest BCUT2D eigenvalue weighted by Gasteiger charge is 2.25. The summed E-state index contributed by atoms with van der Waals surface area (Å²) in [6, 6.07) is 7.84. The van der Waals surface area contributed by atoms with E-state index in [1.807, 2.05) is 47.6 Å². The lowest BCUT2D eigenvalue weighted by atomic mass is 10.2. The predicted molar refractivity (Wildman–Crippen MR) is 115 cm³/mol. The molecule has 0 amide bonds. The van der Waals surface area contributed by atoms with Crippen LogP contribution in [0.2, 0.25) is 0 Å². The molecule has 7 nitrogen and oxygen atoms in total. The molecule has 1 aliphatic rings. The molecule has 1 aliphatic heterocycles. The van der Waals surface area contributed by atoms with Crippen molar-refractivity contribution in [2.24, 2.45) is 10.2 Å². The second kappa shape index (κ2) is 8.98. The van der Waals surface area contributed by atoms with Gasteiger partial charge >= 0.3 is 0 Å². The standard InChI is InChI=1S/C20H29N5O2S/c1-5-24(6-2)20(28)22-21-18-16-9-7-8-10-17(16)25(19(18)26)13-23-11-14(3)27-15(4)12-23/h7-10,14-15,26H,5-6,11-13H2,1-4H3. The van der Waals surface area contributed by atoms with E-state index in [0.29, 0.717) is 17.5 Å². The summed E-state index contributed by atoms with van der Waals surface area (Å²) >= 11 is 5.36. The number of morpholine rings is 1. The smallest absolute Gasteiger partial charge is 0.221 e. The van der Waals surface area contributed by atoms with Gasteiger partial charge in [-0.05, 0) is 46.0 Å². The number of fused-ring (bicyclic) bond motifs is 1. The Bertz CT molecular complexity index is 852. The molecule has 0 bridgehead atoms. The van der Waals surface area contributed by atoms with Crippen molar-refractivity contribution < 1.29 is 9.84 Å². The van der Waals surface area contributed by atoms with Gasteiger partial charge in [0, 0.05) is 31.6 Å². The molecule has 2 unspecified atom stereocenters. The van der Waals surface area contributed by atoms with Gasteiger partial charge in [-0.1, -0.05) is 18.2 Å². The van der Waals surface area contributed by atoms with Gasteiger partial charge in [0.1, 0.15) is 0 Å². The molecule has 2 atom stereocenters. The molecule has 152 valence electrons. The van der Waals surface area contributed by atoms with Crippen molar-refractivity contribution in [3.05, 3.63) is 24.3 Å². The van der Waals surface area contributed by atoms with E-state index in [9.17, 15) is 5.11 Å². The lowest BCUT2D eigenvalue weighted by Gasteiger charge is -2.35. The Morgan fingerprint density at radius 1 is 1.21 bits per heavy atom. The molecule has 1 N–H and O–H groups in total. The summed E-state index contributed by atoms with van der Waals surface area (Å²) in [4.78, 5) is 4.23. The van der Waals surface area contributed by atoms with Crippen molar-refractivity contribution in [1.82, 2.24) is 14.4 Å². The van der Waals surface area contributed by atoms with Gasteiger partial charge in [0.05, 0.1) is 24.4 Å². The van der Waals surface area contributed by atoms with Crippen LogP contribution in [0.25, 0.3) is 10.9 Å². The zero-order valence-corrected chi connectivity index (χ0v) is 17.8. The summed E-state index contributed by atoms with van der Waals surface area (Å²) in [5, 5.41) is 20.8. The van der Waals surface area contributed by atoms with Crippen molar-refractivity contribution in [2.75, 3.05) is 26.2 Å². The van der Waals surface area contributed by atoms with Crippen LogP contribution in [0.15, 0.2) is 34.5 Å². The van der Waals surface area contributed by atoms with Crippen LogP contribution in [0.4, 0.5) is 5.69 Å². The van der Waals surface area contributed by atoms with Crippen LogP contribution >= 0.6 is 12.2 Å².